The molecule has 0 heterocycles. The molecular weight excluding hydrogens is 762 g/mol. The van der Waals surface area contributed by atoms with E-state index in [1.54, 1.807) is 0 Å². The Morgan fingerprint density at radius 1 is 0.525 bits per heavy atom. The van der Waals surface area contributed by atoms with Gasteiger partial charge in [-0.1, -0.05) is 170 Å². The van der Waals surface area contributed by atoms with Crippen molar-refractivity contribution in [2.75, 3.05) is 26.4 Å². The molecule has 0 fully saturated rings. The number of rotatable bonds is 43. The van der Waals surface area contributed by atoms with Crippen LogP contribution in [0.3, 0.4) is 0 Å². The lowest BCUT2D eigenvalue weighted by Crippen LogP contribution is -2.29. The van der Waals surface area contributed by atoms with Gasteiger partial charge in [0.2, 0.25) is 0 Å². The Hall–Kier alpha value is -2.55. The van der Waals surface area contributed by atoms with Gasteiger partial charge in [-0.2, -0.15) is 0 Å². The summed E-state index contributed by atoms with van der Waals surface area (Å²) in [6.45, 7) is 3.57. The van der Waals surface area contributed by atoms with Crippen LogP contribution in [0.4, 0.5) is 0 Å². The lowest BCUT2D eigenvalue weighted by molar-refractivity contribution is -0.161. The first kappa shape index (κ1) is 56.5. The summed E-state index contributed by atoms with van der Waals surface area (Å²) in [4.78, 5) is 35.0. The minimum atomic E-state index is -4.39. The maximum Gasteiger partial charge on any atom is 0.472 e. The van der Waals surface area contributed by atoms with Gasteiger partial charge >= 0.3 is 19.8 Å². The molecule has 0 spiro atoms. The molecule has 59 heavy (non-hydrogen) atoms. The Bertz CT molecular complexity index is 1190. The zero-order chi connectivity index (χ0) is 43.2. The summed E-state index contributed by atoms with van der Waals surface area (Å²) in [5.41, 5.74) is 5.36. The SMILES string of the molecule is CC/C=C\C/C=C\C/C=C\C/C=C\CCCCCCCCC(=O)OC(COC(=O)CCCCCCCCCCC/C=C\C/C=C\CCCCC)COP(=O)(O)OCCN. The normalized spacial score (nSPS) is 13.9. The topological polar surface area (TPSA) is 134 Å². The second-order valence-electron chi connectivity index (χ2n) is 15.2. The molecule has 0 saturated carbocycles. The predicted octanol–water partition coefficient (Wildman–Crippen LogP) is 13.8. The molecule has 2 atom stereocenters. The van der Waals surface area contributed by atoms with Crippen LogP contribution in [0.25, 0.3) is 0 Å². The predicted molar refractivity (Wildman–Crippen MR) is 247 cm³/mol. The molecule has 0 amide bonds. The first-order chi connectivity index (χ1) is 28.8. The summed E-state index contributed by atoms with van der Waals surface area (Å²) in [6, 6.07) is 0. The maximum absolute atomic E-state index is 12.6. The van der Waals surface area contributed by atoms with E-state index < -0.39 is 32.5 Å². The monoisotopic (exact) mass is 848 g/mol. The Kier molecular flexibility index (Phi) is 43.0. The summed E-state index contributed by atoms with van der Waals surface area (Å²) < 4.78 is 32.8. The van der Waals surface area contributed by atoms with Crippen LogP contribution in [0.15, 0.2) is 72.9 Å². The quantitative estimate of drug-likeness (QED) is 0.0266. The lowest BCUT2D eigenvalue weighted by atomic mass is 10.1. The van der Waals surface area contributed by atoms with Crippen molar-refractivity contribution >= 4 is 19.8 Å². The number of hydrogen-bond acceptors (Lipinski definition) is 8. The number of phosphoric ester groups is 1. The standard InChI is InChI=1S/C49H86NO8P/c1-3-5-7-9-11-13-15-17-19-21-23-25-27-29-31-33-35-37-39-41-48(51)55-45-47(46-57-59(53,54)56-44-43-50)58-49(52)42-40-38-36-34-32-30-28-26-24-22-20-18-16-14-12-10-8-6-4-2/h6,8,11-14,17-20,24,26,47H,3-5,7,9-10,15-16,21-23,25,27-46,50H2,1-2H3,(H,53,54)/b8-6-,13-11-,14-12-,19-17-,20-18-,26-24-. The van der Waals surface area contributed by atoms with Crippen LogP contribution in [0.2, 0.25) is 0 Å². The number of carbonyl (C=O) groups excluding carboxylic acids is 2. The smallest absolute Gasteiger partial charge is 0.462 e. The molecule has 0 aromatic carbocycles. The van der Waals surface area contributed by atoms with Crippen LogP contribution in [0.1, 0.15) is 194 Å². The van der Waals surface area contributed by atoms with Crippen molar-refractivity contribution in [2.45, 2.75) is 200 Å². The van der Waals surface area contributed by atoms with Gasteiger partial charge in [-0.05, 0) is 83.5 Å². The van der Waals surface area contributed by atoms with Crippen LogP contribution >= 0.6 is 7.82 Å². The molecule has 0 rings (SSSR count). The zero-order valence-electron chi connectivity index (χ0n) is 37.5. The fourth-order valence-corrected chi connectivity index (χ4v) is 6.89. The van der Waals surface area contributed by atoms with Gasteiger partial charge < -0.3 is 20.1 Å². The highest BCUT2D eigenvalue weighted by atomic mass is 31.2. The third-order valence-electron chi connectivity index (χ3n) is 9.58. The summed E-state index contributed by atoms with van der Waals surface area (Å²) in [5, 5.41) is 0. The zero-order valence-corrected chi connectivity index (χ0v) is 38.4. The van der Waals surface area contributed by atoms with Gasteiger partial charge in [-0.3, -0.25) is 18.6 Å². The number of ether oxygens (including phenoxy) is 2. The molecule has 340 valence electrons. The third kappa shape index (κ3) is 44.8. The van der Waals surface area contributed by atoms with E-state index in [2.05, 4.69) is 86.8 Å². The fraction of sp³-hybridized carbons (Fsp3) is 0.714. The van der Waals surface area contributed by atoms with Crippen molar-refractivity contribution in [3.05, 3.63) is 72.9 Å². The number of phosphoric acid groups is 1. The average molecular weight is 848 g/mol. The van der Waals surface area contributed by atoms with Crippen molar-refractivity contribution in [3.8, 4) is 0 Å². The van der Waals surface area contributed by atoms with Gasteiger partial charge in [0.05, 0.1) is 13.2 Å². The summed E-state index contributed by atoms with van der Waals surface area (Å²) in [7, 11) is -4.39. The number of carbonyl (C=O) groups is 2. The van der Waals surface area contributed by atoms with E-state index in [4.69, 9.17) is 24.3 Å². The highest BCUT2D eigenvalue weighted by molar-refractivity contribution is 7.47. The van der Waals surface area contributed by atoms with E-state index >= 15 is 0 Å². The molecule has 0 bridgehead atoms. The van der Waals surface area contributed by atoms with E-state index in [9.17, 15) is 19.0 Å². The van der Waals surface area contributed by atoms with Gasteiger partial charge in [0.15, 0.2) is 6.10 Å². The van der Waals surface area contributed by atoms with Crippen LogP contribution < -0.4 is 5.73 Å². The molecule has 0 radical (unpaired) electrons. The van der Waals surface area contributed by atoms with Gasteiger partial charge in [0.1, 0.15) is 6.61 Å². The van der Waals surface area contributed by atoms with E-state index in [0.717, 1.165) is 103 Å². The van der Waals surface area contributed by atoms with E-state index in [1.165, 1.54) is 57.8 Å². The Morgan fingerprint density at radius 3 is 1.39 bits per heavy atom. The summed E-state index contributed by atoms with van der Waals surface area (Å²) in [5.74, 6) is -0.852. The number of esters is 2. The molecule has 0 aromatic heterocycles. The minimum absolute atomic E-state index is 0.0468. The molecule has 3 N–H and O–H groups in total. The van der Waals surface area contributed by atoms with E-state index in [0.29, 0.717) is 6.42 Å². The van der Waals surface area contributed by atoms with Crippen molar-refractivity contribution in [1.29, 1.82) is 0 Å². The number of unbranched alkanes of at least 4 members (excludes halogenated alkanes) is 18. The fourth-order valence-electron chi connectivity index (χ4n) is 6.13. The lowest BCUT2D eigenvalue weighted by Gasteiger charge is -2.19. The Morgan fingerprint density at radius 2 is 0.932 bits per heavy atom. The van der Waals surface area contributed by atoms with Crippen molar-refractivity contribution < 1.29 is 37.6 Å². The van der Waals surface area contributed by atoms with Crippen LogP contribution in [-0.4, -0.2) is 49.3 Å². The second-order valence-corrected chi connectivity index (χ2v) is 16.7. The minimum Gasteiger partial charge on any atom is -0.462 e. The molecular formula is C49H86NO8P. The van der Waals surface area contributed by atoms with Gasteiger partial charge in [0, 0.05) is 19.4 Å². The van der Waals surface area contributed by atoms with Crippen LogP contribution in [0, 0.1) is 0 Å². The molecule has 0 aliphatic carbocycles. The molecule has 0 aliphatic heterocycles. The maximum atomic E-state index is 12.6. The highest BCUT2D eigenvalue weighted by Crippen LogP contribution is 2.43. The molecule has 0 aliphatic rings. The molecule has 9 nitrogen and oxygen atoms in total. The molecule has 0 saturated heterocycles. The van der Waals surface area contributed by atoms with Crippen molar-refractivity contribution in [3.63, 3.8) is 0 Å². The number of allylic oxidation sites excluding steroid dienone is 12. The first-order valence-corrected chi connectivity index (χ1v) is 24.9. The Labute approximate surface area is 361 Å². The number of hydrogen-bond donors (Lipinski definition) is 2. The summed E-state index contributed by atoms with van der Waals surface area (Å²) in [6.07, 6.45) is 55.0. The molecule has 2 unspecified atom stereocenters. The van der Waals surface area contributed by atoms with Gasteiger partial charge in [-0.15, -0.1) is 0 Å². The molecule has 10 heteroatoms. The number of nitrogens with two attached hydrogens (primary N) is 1. The summed E-state index contributed by atoms with van der Waals surface area (Å²) >= 11 is 0. The largest absolute Gasteiger partial charge is 0.472 e. The highest BCUT2D eigenvalue weighted by Gasteiger charge is 2.26. The van der Waals surface area contributed by atoms with Crippen LogP contribution in [-0.2, 0) is 32.7 Å². The third-order valence-corrected chi connectivity index (χ3v) is 10.6. The van der Waals surface area contributed by atoms with E-state index in [1.807, 2.05) is 0 Å². The Balaban J connectivity index is 4.15. The van der Waals surface area contributed by atoms with E-state index in [-0.39, 0.29) is 32.6 Å². The first-order valence-electron chi connectivity index (χ1n) is 23.4. The van der Waals surface area contributed by atoms with Crippen molar-refractivity contribution in [1.82, 2.24) is 0 Å². The van der Waals surface area contributed by atoms with Crippen molar-refractivity contribution in [2.24, 2.45) is 5.73 Å². The second kappa shape index (κ2) is 45.0. The van der Waals surface area contributed by atoms with Crippen LogP contribution in [0.5, 0.6) is 0 Å². The average Bonchev–Trinajstić information content (AvgIpc) is 3.22. The molecule has 0 aromatic rings. The van der Waals surface area contributed by atoms with Gasteiger partial charge in [0.25, 0.3) is 0 Å². The van der Waals surface area contributed by atoms with Gasteiger partial charge in [-0.25, -0.2) is 4.57 Å².